The summed E-state index contributed by atoms with van der Waals surface area (Å²) in [4.78, 5) is 0. The zero-order valence-corrected chi connectivity index (χ0v) is 9.35. The Morgan fingerprint density at radius 1 is 1.36 bits per heavy atom. The van der Waals surface area contributed by atoms with Crippen molar-refractivity contribution in [3.8, 4) is 0 Å². The van der Waals surface area contributed by atoms with E-state index < -0.39 is 0 Å². The third kappa shape index (κ3) is 1.41. The molecule has 0 aliphatic heterocycles. The molecule has 0 aromatic heterocycles. The first-order valence-electron chi connectivity index (χ1n) is 5.46. The fraction of sp³-hybridized carbons (Fsp3) is 0.538. The Hall–Kier alpha value is -0.980. The molecule has 1 aromatic rings. The first-order valence-corrected chi connectivity index (χ1v) is 5.46. The first-order chi connectivity index (χ1) is 6.57. The number of aryl methyl sites for hydroxylation is 2. The Labute approximate surface area is 86.3 Å². The Morgan fingerprint density at radius 2 is 2.00 bits per heavy atom. The van der Waals surface area contributed by atoms with Crippen LogP contribution in [0.5, 0.6) is 0 Å². The molecule has 0 atom stereocenters. The summed E-state index contributed by atoms with van der Waals surface area (Å²) in [6.07, 6.45) is 3.63. The van der Waals surface area contributed by atoms with Crippen LogP contribution in [0.2, 0.25) is 0 Å². The van der Waals surface area contributed by atoms with E-state index in [0.717, 1.165) is 12.1 Å². The van der Waals surface area contributed by atoms with Gasteiger partial charge in [0.05, 0.1) is 0 Å². The van der Waals surface area contributed by atoms with Crippen molar-refractivity contribution in [2.45, 2.75) is 45.4 Å². The molecule has 1 aliphatic rings. The van der Waals surface area contributed by atoms with Crippen molar-refractivity contribution in [1.82, 2.24) is 0 Å². The lowest BCUT2D eigenvalue weighted by molar-refractivity contribution is 0.787. The molecule has 2 rings (SSSR count). The molecule has 0 saturated heterocycles. The zero-order chi connectivity index (χ0) is 10.3. The molecule has 1 fully saturated rings. The van der Waals surface area contributed by atoms with Gasteiger partial charge in [-0.15, -0.1) is 0 Å². The molecule has 0 radical (unpaired) electrons. The maximum absolute atomic E-state index is 6.19. The van der Waals surface area contributed by atoms with Gasteiger partial charge in [-0.3, -0.25) is 0 Å². The summed E-state index contributed by atoms with van der Waals surface area (Å²) in [5, 5.41) is 0. The van der Waals surface area contributed by atoms with Crippen LogP contribution in [0.3, 0.4) is 0 Å². The summed E-state index contributed by atoms with van der Waals surface area (Å²) in [7, 11) is 0. The smallest absolute Gasteiger partial charge is 0.0384 e. The van der Waals surface area contributed by atoms with Gasteiger partial charge in [0.2, 0.25) is 0 Å². The summed E-state index contributed by atoms with van der Waals surface area (Å²) < 4.78 is 0. The van der Waals surface area contributed by atoms with Gasteiger partial charge in [-0.05, 0) is 42.7 Å². The molecular formula is C13H19N. The van der Waals surface area contributed by atoms with E-state index in [9.17, 15) is 0 Å². The number of hydrogen-bond acceptors (Lipinski definition) is 1. The zero-order valence-electron chi connectivity index (χ0n) is 9.35. The van der Waals surface area contributed by atoms with E-state index >= 15 is 0 Å². The molecule has 2 N–H and O–H groups in total. The second-order valence-corrected chi connectivity index (χ2v) is 4.80. The predicted octanol–water partition coefficient (Wildman–Crippen LogP) is 3.19. The fourth-order valence-corrected chi connectivity index (χ4v) is 2.12. The Kier molecular flexibility index (Phi) is 2.06. The number of hydrogen-bond donors (Lipinski definition) is 1. The van der Waals surface area contributed by atoms with Gasteiger partial charge < -0.3 is 5.73 Å². The molecule has 0 amide bonds. The molecule has 1 nitrogen and oxygen atoms in total. The number of nitrogen functional groups attached to an aromatic ring is 1. The lowest BCUT2D eigenvalue weighted by Crippen LogP contribution is -2.08. The highest BCUT2D eigenvalue weighted by molar-refractivity contribution is 5.59. The average Bonchev–Trinajstić information content (AvgIpc) is 2.88. The molecule has 0 unspecified atom stereocenters. The van der Waals surface area contributed by atoms with E-state index in [1.807, 2.05) is 0 Å². The van der Waals surface area contributed by atoms with Crippen LogP contribution in [0.4, 0.5) is 5.69 Å². The summed E-state index contributed by atoms with van der Waals surface area (Å²) in [5.74, 6) is 0. The minimum absolute atomic E-state index is 0.389. The van der Waals surface area contributed by atoms with Gasteiger partial charge in [0.1, 0.15) is 0 Å². The van der Waals surface area contributed by atoms with Crippen LogP contribution in [-0.2, 0) is 11.8 Å². The molecule has 0 heterocycles. The maximum atomic E-state index is 6.19. The molecule has 14 heavy (non-hydrogen) atoms. The van der Waals surface area contributed by atoms with Gasteiger partial charge >= 0.3 is 0 Å². The fourth-order valence-electron chi connectivity index (χ4n) is 2.12. The minimum atomic E-state index is 0.389. The van der Waals surface area contributed by atoms with Crippen LogP contribution in [0, 0.1) is 6.92 Å². The van der Waals surface area contributed by atoms with Crippen LogP contribution < -0.4 is 5.73 Å². The lowest BCUT2D eigenvalue weighted by Gasteiger charge is -2.16. The second kappa shape index (κ2) is 3.01. The first kappa shape index (κ1) is 9.57. The van der Waals surface area contributed by atoms with Crippen LogP contribution in [0.15, 0.2) is 12.1 Å². The number of rotatable bonds is 2. The second-order valence-electron chi connectivity index (χ2n) is 4.80. The highest BCUT2D eigenvalue weighted by Gasteiger charge is 2.40. The van der Waals surface area contributed by atoms with Crippen molar-refractivity contribution in [2.24, 2.45) is 0 Å². The topological polar surface area (TPSA) is 26.0 Å². The van der Waals surface area contributed by atoms with Crippen molar-refractivity contribution < 1.29 is 0 Å². The Morgan fingerprint density at radius 3 is 2.50 bits per heavy atom. The molecule has 1 heteroatoms. The van der Waals surface area contributed by atoms with Crippen molar-refractivity contribution in [1.29, 1.82) is 0 Å². The summed E-state index contributed by atoms with van der Waals surface area (Å²) in [5.41, 5.74) is 11.7. The van der Waals surface area contributed by atoms with Crippen LogP contribution in [-0.4, -0.2) is 0 Å². The van der Waals surface area contributed by atoms with Crippen LogP contribution in [0.25, 0.3) is 0 Å². The van der Waals surface area contributed by atoms with E-state index in [0.29, 0.717) is 5.41 Å². The Bertz CT molecular complexity index is 362. The lowest BCUT2D eigenvalue weighted by atomic mass is 9.91. The van der Waals surface area contributed by atoms with Gasteiger partial charge in [0.25, 0.3) is 0 Å². The van der Waals surface area contributed by atoms with Gasteiger partial charge in [-0.1, -0.05) is 31.5 Å². The van der Waals surface area contributed by atoms with E-state index in [4.69, 9.17) is 5.73 Å². The standard InChI is InChI=1S/C13H19N/c1-4-10-7-9(2)8-11(12(10)14)13(3)5-6-13/h7-8H,4-6,14H2,1-3H3. The quantitative estimate of drug-likeness (QED) is 0.710. The van der Waals surface area contributed by atoms with Gasteiger partial charge in [0.15, 0.2) is 0 Å². The summed E-state index contributed by atoms with van der Waals surface area (Å²) in [6.45, 7) is 6.65. The van der Waals surface area contributed by atoms with Gasteiger partial charge in [0, 0.05) is 5.69 Å². The van der Waals surface area contributed by atoms with Crippen molar-refractivity contribution in [3.05, 3.63) is 28.8 Å². The van der Waals surface area contributed by atoms with Gasteiger partial charge in [-0.25, -0.2) is 0 Å². The third-order valence-electron chi connectivity index (χ3n) is 3.44. The molecular weight excluding hydrogens is 170 g/mol. The monoisotopic (exact) mass is 189 g/mol. The van der Waals surface area contributed by atoms with E-state index in [1.165, 1.54) is 29.5 Å². The van der Waals surface area contributed by atoms with Crippen LogP contribution in [0.1, 0.15) is 43.4 Å². The van der Waals surface area contributed by atoms with E-state index in [2.05, 4.69) is 32.9 Å². The molecule has 1 saturated carbocycles. The highest BCUT2D eigenvalue weighted by atomic mass is 14.6. The summed E-state index contributed by atoms with van der Waals surface area (Å²) >= 11 is 0. The number of anilines is 1. The highest BCUT2D eigenvalue weighted by Crippen LogP contribution is 2.50. The molecule has 0 bridgehead atoms. The van der Waals surface area contributed by atoms with Crippen LogP contribution >= 0.6 is 0 Å². The Balaban J connectivity index is 2.54. The van der Waals surface area contributed by atoms with E-state index in [1.54, 1.807) is 0 Å². The normalized spacial score (nSPS) is 18.2. The molecule has 0 spiro atoms. The molecule has 1 aliphatic carbocycles. The maximum Gasteiger partial charge on any atom is 0.0384 e. The number of benzene rings is 1. The largest absolute Gasteiger partial charge is 0.398 e. The average molecular weight is 189 g/mol. The van der Waals surface area contributed by atoms with Gasteiger partial charge in [-0.2, -0.15) is 0 Å². The molecule has 76 valence electrons. The SMILES string of the molecule is CCc1cc(C)cc(C2(C)CC2)c1N. The predicted molar refractivity (Wildman–Crippen MR) is 61.6 cm³/mol. The van der Waals surface area contributed by atoms with Crippen molar-refractivity contribution in [3.63, 3.8) is 0 Å². The molecule has 1 aromatic carbocycles. The summed E-state index contributed by atoms with van der Waals surface area (Å²) in [6, 6.07) is 4.48. The number of nitrogens with two attached hydrogens (primary N) is 1. The van der Waals surface area contributed by atoms with E-state index in [-0.39, 0.29) is 0 Å². The minimum Gasteiger partial charge on any atom is -0.398 e. The van der Waals surface area contributed by atoms with Crippen molar-refractivity contribution >= 4 is 5.69 Å². The third-order valence-corrected chi connectivity index (χ3v) is 3.44. The van der Waals surface area contributed by atoms with Crippen molar-refractivity contribution in [2.75, 3.05) is 5.73 Å².